The van der Waals surface area contributed by atoms with Gasteiger partial charge in [-0.25, -0.2) is 4.79 Å². The highest BCUT2D eigenvalue weighted by molar-refractivity contribution is 6.05. The molecular formula is C20H23N5O4. The lowest BCUT2D eigenvalue weighted by molar-refractivity contribution is -0.136. The van der Waals surface area contributed by atoms with Gasteiger partial charge in [-0.3, -0.25) is 24.7 Å². The molecule has 0 saturated carbocycles. The molecule has 1 fully saturated rings. The Morgan fingerprint density at radius 2 is 2.10 bits per heavy atom. The molecule has 152 valence electrons. The molecule has 3 heterocycles. The second kappa shape index (κ2) is 8.02. The Balaban J connectivity index is 1.36. The number of hydrogen-bond donors (Lipinski definition) is 3. The normalized spacial score (nSPS) is 23.6. The Kier molecular flexibility index (Phi) is 5.28. The molecule has 1 aromatic rings. The van der Waals surface area contributed by atoms with E-state index in [9.17, 15) is 19.2 Å². The second-order valence-electron chi connectivity index (χ2n) is 7.53. The van der Waals surface area contributed by atoms with Gasteiger partial charge in [0.25, 0.3) is 5.91 Å². The Labute approximate surface area is 167 Å². The number of amides is 5. The van der Waals surface area contributed by atoms with Gasteiger partial charge in [0.15, 0.2) is 0 Å². The first kappa shape index (κ1) is 19.1. The van der Waals surface area contributed by atoms with Gasteiger partial charge < -0.3 is 15.5 Å². The van der Waals surface area contributed by atoms with Crippen molar-refractivity contribution in [2.24, 2.45) is 4.99 Å². The van der Waals surface area contributed by atoms with E-state index in [4.69, 9.17) is 0 Å². The summed E-state index contributed by atoms with van der Waals surface area (Å²) in [6.45, 7) is 1.37. The van der Waals surface area contributed by atoms with Crippen LogP contribution in [0.15, 0.2) is 23.2 Å². The first-order valence-electron chi connectivity index (χ1n) is 9.80. The molecule has 1 saturated heterocycles. The van der Waals surface area contributed by atoms with Crippen molar-refractivity contribution >= 4 is 30.0 Å². The van der Waals surface area contributed by atoms with Crippen molar-refractivity contribution in [3.05, 3.63) is 34.9 Å². The number of imide groups is 1. The summed E-state index contributed by atoms with van der Waals surface area (Å²) in [6, 6.07) is 4.70. The van der Waals surface area contributed by atoms with Crippen LogP contribution >= 0.6 is 0 Å². The van der Waals surface area contributed by atoms with Crippen LogP contribution in [-0.4, -0.2) is 53.5 Å². The Bertz CT molecular complexity index is 897. The molecule has 3 aliphatic rings. The number of urea groups is 1. The van der Waals surface area contributed by atoms with Crippen LogP contribution in [0.1, 0.15) is 47.2 Å². The molecule has 5 amide bonds. The molecule has 0 radical (unpaired) electrons. The first-order valence-corrected chi connectivity index (χ1v) is 9.80. The van der Waals surface area contributed by atoms with Gasteiger partial charge in [-0.05, 0) is 30.0 Å². The van der Waals surface area contributed by atoms with Crippen molar-refractivity contribution in [2.45, 2.75) is 50.9 Å². The zero-order chi connectivity index (χ0) is 20.4. The number of nitrogens with zero attached hydrogens (tertiary/aromatic N) is 2. The smallest absolute Gasteiger partial charge is 0.315 e. The van der Waals surface area contributed by atoms with Crippen LogP contribution in [0.5, 0.6) is 0 Å². The van der Waals surface area contributed by atoms with Crippen molar-refractivity contribution in [3.8, 4) is 0 Å². The number of hydrogen-bond acceptors (Lipinski definition) is 5. The van der Waals surface area contributed by atoms with Crippen molar-refractivity contribution in [3.63, 3.8) is 0 Å². The van der Waals surface area contributed by atoms with Crippen molar-refractivity contribution < 1.29 is 19.2 Å². The monoisotopic (exact) mass is 397 g/mol. The third-order valence-corrected chi connectivity index (χ3v) is 5.51. The molecule has 3 N–H and O–H groups in total. The van der Waals surface area contributed by atoms with Crippen molar-refractivity contribution in [1.29, 1.82) is 0 Å². The van der Waals surface area contributed by atoms with E-state index >= 15 is 0 Å². The summed E-state index contributed by atoms with van der Waals surface area (Å²) in [7, 11) is 0. The van der Waals surface area contributed by atoms with Gasteiger partial charge >= 0.3 is 6.03 Å². The Morgan fingerprint density at radius 1 is 1.24 bits per heavy atom. The number of piperidine rings is 1. The van der Waals surface area contributed by atoms with E-state index < -0.39 is 11.9 Å². The third kappa shape index (κ3) is 4.13. The van der Waals surface area contributed by atoms with Gasteiger partial charge in [0.05, 0.1) is 0 Å². The molecule has 9 heteroatoms. The molecule has 2 atom stereocenters. The summed E-state index contributed by atoms with van der Waals surface area (Å²) in [5.41, 5.74) is 2.19. The van der Waals surface area contributed by atoms with Crippen molar-refractivity contribution in [2.75, 3.05) is 6.54 Å². The number of carbonyl (C=O) groups excluding carboxylic acids is 4. The molecule has 29 heavy (non-hydrogen) atoms. The topological polar surface area (TPSA) is 120 Å². The maximum absolute atomic E-state index is 12.8. The molecular weight excluding hydrogens is 374 g/mol. The van der Waals surface area contributed by atoms with Gasteiger partial charge in [-0.15, -0.1) is 0 Å². The van der Waals surface area contributed by atoms with E-state index in [2.05, 4.69) is 20.9 Å². The maximum atomic E-state index is 12.8. The quantitative estimate of drug-likeness (QED) is 0.640. The first-order chi connectivity index (χ1) is 14.0. The van der Waals surface area contributed by atoms with Crippen LogP contribution < -0.4 is 16.0 Å². The molecule has 3 aliphatic heterocycles. The van der Waals surface area contributed by atoms with Crippen LogP contribution in [0.3, 0.4) is 0 Å². The Morgan fingerprint density at radius 3 is 2.86 bits per heavy atom. The zero-order valence-corrected chi connectivity index (χ0v) is 15.9. The van der Waals surface area contributed by atoms with Gasteiger partial charge in [-0.1, -0.05) is 12.1 Å². The summed E-state index contributed by atoms with van der Waals surface area (Å²) >= 11 is 0. The molecule has 0 bridgehead atoms. The lowest BCUT2D eigenvalue weighted by Crippen LogP contribution is -2.52. The average molecular weight is 397 g/mol. The summed E-state index contributed by atoms with van der Waals surface area (Å²) < 4.78 is 0. The lowest BCUT2D eigenvalue weighted by Gasteiger charge is -2.29. The van der Waals surface area contributed by atoms with Gasteiger partial charge in [0.2, 0.25) is 11.8 Å². The lowest BCUT2D eigenvalue weighted by atomic mass is 10.0. The molecule has 0 spiro atoms. The molecule has 9 nitrogen and oxygen atoms in total. The summed E-state index contributed by atoms with van der Waals surface area (Å²) in [5, 5.41) is 8.03. The van der Waals surface area contributed by atoms with E-state index in [0.717, 1.165) is 30.5 Å². The fraction of sp³-hybridized carbons (Fsp3) is 0.450. The maximum Gasteiger partial charge on any atom is 0.315 e. The number of carbonyl (C=O) groups is 4. The standard InChI is InChI=1S/C20H23N5O4/c26-17-4-3-16(18(27)24-17)25-11-13-2-1-12(9-15(13)19(25)28)10-22-20(29)23-14-5-7-21-8-6-14/h1-2,7,9,14,16H,3-6,8,10-11H2,(H2,22,23,29)(H,24,26,27). The summed E-state index contributed by atoms with van der Waals surface area (Å²) in [6.07, 6.45) is 3.96. The van der Waals surface area contributed by atoms with Crippen LogP contribution in [-0.2, 0) is 22.7 Å². The third-order valence-electron chi connectivity index (χ3n) is 5.51. The van der Waals surface area contributed by atoms with Crippen LogP contribution in [0.2, 0.25) is 0 Å². The van der Waals surface area contributed by atoms with E-state index in [1.807, 2.05) is 18.3 Å². The molecule has 0 aliphatic carbocycles. The number of aliphatic imine (C=N–C) groups is 1. The minimum atomic E-state index is -0.626. The highest BCUT2D eigenvalue weighted by Gasteiger charge is 2.39. The largest absolute Gasteiger partial charge is 0.335 e. The number of fused-ring (bicyclic) bond motifs is 1. The molecule has 4 rings (SSSR count). The van der Waals surface area contributed by atoms with E-state index in [-0.39, 0.29) is 30.3 Å². The number of nitrogens with one attached hydrogen (secondary N) is 3. The van der Waals surface area contributed by atoms with E-state index in [1.165, 1.54) is 4.90 Å². The second-order valence-corrected chi connectivity index (χ2v) is 7.53. The van der Waals surface area contributed by atoms with Crippen LogP contribution in [0.25, 0.3) is 0 Å². The molecule has 0 aromatic heterocycles. The SMILES string of the molecule is O=C1CCC(N2Cc3ccc(CNC(=O)NC4CC=NCC4)cc3C2=O)C(=O)N1. The fourth-order valence-electron chi connectivity index (χ4n) is 3.90. The van der Waals surface area contributed by atoms with Crippen LogP contribution in [0, 0.1) is 0 Å². The Hall–Kier alpha value is -3.23. The van der Waals surface area contributed by atoms with Crippen LogP contribution in [0.4, 0.5) is 4.79 Å². The number of rotatable bonds is 4. The number of benzene rings is 1. The predicted molar refractivity (Wildman–Crippen MR) is 104 cm³/mol. The van der Waals surface area contributed by atoms with E-state index in [0.29, 0.717) is 25.1 Å². The van der Waals surface area contributed by atoms with Gasteiger partial charge in [-0.2, -0.15) is 0 Å². The highest BCUT2D eigenvalue weighted by Crippen LogP contribution is 2.28. The molecule has 1 aromatic carbocycles. The fourth-order valence-corrected chi connectivity index (χ4v) is 3.90. The minimum Gasteiger partial charge on any atom is -0.335 e. The average Bonchev–Trinajstić information content (AvgIpc) is 3.03. The highest BCUT2D eigenvalue weighted by atomic mass is 16.2. The molecule has 2 unspecified atom stereocenters. The minimum absolute atomic E-state index is 0.0937. The van der Waals surface area contributed by atoms with Gasteiger partial charge in [0.1, 0.15) is 6.04 Å². The summed E-state index contributed by atoms with van der Waals surface area (Å²) in [4.78, 5) is 54.0. The van der Waals surface area contributed by atoms with E-state index in [1.54, 1.807) is 6.07 Å². The summed E-state index contributed by atoms with van der Waals surface area (Å²) in [5.74, 6) is -0.946. The van der Waals surface area contributed by atoms with Crippen molar-refractivity contribution in [1.82, 2.24) is 20.9 Å². The zero-order valence-electron chi connectivity index (χ0n) is 15.9. The van der Waals surface area contributed by atoms with Gasteiger partial charge in [0, 0.05) is 50.3 Å². The predicted octanol–water partition coefficient (Wildman–Crippen LogP) is 0.480.